The Labute approximate surface area is 97.1 Å². The number of carbonyl (C=O) groups excluding carboxylic acids is 1. The molecule has 16 heavy (non-hydrogen) atoms. The summed E-state index contributed by atoms with van der Waals surface area (Å²) in [5.41, 5.74) is 0. The lowest BCUT2D eigenvalue weighted by molar-refractivity contribution is -0.140. The van der Waals surface area contributed by atoms with Crippen LogP contribution in [0, 0.1) is 5.92 Å². The molecule has 1 atom stereocenters. The third kappa shape index (κ3) is 4.35. The van der Waals surface area contributed by atoms with E-state index in [1.54, 1.807) is 0 Å². The summed E-state index contributed by atoms with van der Waals surface area (Å²) in [5, 5.41) is 11.8. The van der Waals surface area contributed by atoms with Gasteiger partial charge in [-0.3, -0.25) is 4.79 Å². The van der Waals surface area contributed by atoms with E-state index in [1.165, 1.54) is 26.7 Å². The van der Waals surface area contributed by atoms with Crippen LogP contribution in [0.1, 0.15) is 44.9 Å². The second kappa shape index (κ2) is 7.44. The molecule has 1 fully saturated rings. The number of rotatable bonds is 5. The van der Waals surface area contributed by atoms with Gasteiger partial charge in [0.2, 0.25) is 0 Å². The van der Waals surface area contributed by atoms with Crippen LogP contribution in [0.4, 0.5) is 0 Å². The van der Waals surface area contributed by atoms with Gasteiger partial charge in [0.1, 0.15) is 0 Å². The standard InChI is InChI=1S/C11H19BNO3/c14-8-12-13-10(11(15)16)9-6-4-2-1-3-5-7-9/h8-10,13H,1-7H2,(H,15,16). The van der Waals surface area contributed by atoms with Gasteiger partial charge in [0, 0.05) is 0 Å². The average Bonchev–Trinajstić information content (AvgIpc) is 2.20. The van der Waals surface area contributed by atoms with Gasteiger partial charge in [-0.25, -0.2) is 0 Å². The first kappa shape index (κ1) is 13.2. The Morgan fingerprint density at radius 2 is 1.81 bits per heavy atom. The largest absolute Gasteiger partial charge is 0.480 e. The number of nitrogens with one attached hydrogen (secondary N) is 1. The van der Waals surface area contributed by atoms with Gasteiger partial charge in [-0.05, 0) is 18.8 Å². The van der Waals surface area contributed by atoms with E-state index in [0.29, 0.717) is 6.19 Å². The van der Waals surface area contributed by atoms with Crippen LogP contribution in [0.25, 0.3) is 0 Å². The smallest absolute Gasteiger partial charge is 0.319 e. The molecule has 0 amide bonds. The van der Waals surface area contributed by atoms with Gasteiger partial charge < -0.3 is 15.1 Å². The Balaban J connectivity index is 2.51. The van der Waals surface area contributed by atoms with E-state index in [2.05, 4.69) is 5.23 Å². The summed E-state index contributed by atoms with van der Waals surface area (Å²) < 4.78 is 0. The number of carbonyl (C=O) groups is 2. The zero-order valence-electron chi connectivity index (χ0n) is 9.52. The molecule has 2 N–H and O–H groups in total. The molecule has 0 heterocycles. The molecule has 1 saturated carbocycles. The van der Waals surface area contributed by atoms with Gasteiger partial charge in [-0.2, -0.15) is 0 Å². The lowest BCUT2D eigenvalue weighted by Gasteiger charge is -2.26. The van der Waals surface area contributed by atoms with E-state index in [1.807, 2.05) is 0 Å². The maximum Gasteiger partial charge on any atom is 0.319 e. The van der Waals surface area contributed by atoms with E-state index in [9.17, 15) is 9.59 Å². The summed E-state index contributed by atoms with van der Waals surface area (Å²) in [7, 11) is 1.19. The van der Waals surface area contributed by atoms with Crippen LogP contribution in [0.2, 0.25) is 0 Å². The predicted molar refractivity (Wildman–Crippen MR) is 62.9 cm³/mol. The predicted octanol–water partition coefficient (Wildman–Crippen LogP) is 1.20. The topological polar surface area (TPSA) is 66.4 Å². The molecule has 0 spiro atoms. The Kier molecular flexibility index (Phi) is 6.15. The minimum Gasteiger partial charge on any atom is -0.480 e. The lowest BCUT2D eigenvalue weighted by Crippen LogP contribution is -2.45. The highest BCUT2D eigenvalue weighted by atomic mass is 16.4. The highest BCUT2D eigenvalue weighted by Gasteiger charge is 2.27. The molecule has 5 heteroatoms. The number of hydrogen-bond acceptors (Lipinski definition) is 3. The van der Waals surface area contributed by atoms with Crippen LogP contribution in [0.15, 0.2) is 0 Å². The van der Waals surface area contributed by atoms with Crippen molar-refractivity contribution in [1.29, 1.82) is 0 Å². The molecule has 1 unspecified atom stereocenters. The van der Waals surface area contributed by atoms with E-state index in [-0.39, 0.29) is 5.92 Å². The van der Waals surface area contributed by atoms with Crippen LogP contribution >= 0.6 is 0 Å². The summed E-state index contributed by atoms with van der Waals surface area (Å²) in [6.07, 6.45) is 8.32. The first-order chi connectivity index (χ1) is 7.75. The van der Waals surface area contributed by atoms with E-state index in [0.717, 1.165) is 25.7 Å². The second-order valence-electron chi connectivity index (χ2n) is 4.39. The Hall–Kier alpha value is -0.835. The summed E-state index contributed by atoms with van der Waals surface area (Å²) in [6.45, 7) is 0. The van der Waals surface area contributed by atoms with Crippen molar-refractivity contribution >= 4 is 19.6 Å². The average molecular weight is 224 g/mol. The Morgan fingerprint density at radius 1 is 1.25 bits per heavy atom. The fraction of sp³-hybridized carbons (Fsp3) is 0.818. The van der Waals surface area contributed by atoms with Gasteiger partial charge >= 0.3 is 5.97 Å². The minimum atomic E-state index is -0.858. The molecule has 4 nitrogen and oxygen atoms in total. The fourth-order valence-corrected chi connectivity index (χ4v) is 2.37. The van der Waals surface area contributed by atoms with Gasteiger partial charge in [0.15, 0.2) is 0 Å². The normalized spacial score (nSPS) is 20.5. The highest BCUT2D eigenvalue weighted by Crippen LogP contribution is 2.24. The molecule has 0 aliphatic heterocycles. The maximum absolute atomic E-state index is 11.1. The van der Waals surface area contributed by atoms with Gasteiger partial charge in [0.05, 0.1) is 12.2 Å². The minimum absolute atomic E-state index is 0.147. The highest BCUT2D eigenvalue weighted by molar-refractivity contribution is 6.64. The van der Waals surface area contributed by atoms with Crippen molar-refractivity contribution in [1.82, 2.24) is 5.23 Å². The first-order valence-electron chi connectivity index (χ1n) is 6.01. The van der Waals surface area contributed by atoms with Crippen molar-refractivity contribution in [3.63, 3.8) is 0 Å². The monoisotopic (exact) mass is 224 g/mol. The van der Waals surface area contributed by atoms with Crippen molar-refractivity contribution < 1.29 is 14.7 Å². The number of aliphatic carboxylic acids is 1. The molecule has 0 saturated heterocycles. The van der Waals surface area contributed by atoms with Crippen LogP contribution in [-0.2, 0) is 9.59 Å². The molecule has 0 aromatic heterocycles. The lowest BCUT2D eigenvalue weighted by atomic mass is 9.83. The van der Waals surface area contributed by atoms with Crippen molar-refractivity contribution in [2.75, 3.05) is 0 Å². The van der Waals surface area contributed by atoms with Crippen LogP contribution in [0.3, 0.4) is 0 Å². The SMILES string of the molecule is O=C[B]NC(C(=O)O)C1CCCCCCC1. The summed E-state index contributed by atoms with van der Waals surface area (Å²) in [6, 6.07) is -0.608. The molecular formula is C11H19BNO3. The molecule has 1 radical (unpaired) electrons. The maximum atomic E-state index is 11.1. The first-order valence-corrected chi connectivity index (χ1v) is 6.01. The molecule has 1 aliphatic rings. The third-order valence-corrected chi connectivity index (χ3v) is 3.23. The summed E-state index contributed by atoms with van der Waals surface area (Å²) in [4.78, 5) is 21.3. The zero-order valence-corrected chi connectivity index (χ0v) is 9.52. The third-order valence-electron chi connectivity index (χ3n) is 3.23. The van der Waals surface area contributed by atoms with Crippen molar-refractivity contribution in [2.24, 2.45) is 5.92 Å². The summed E-state index contributed by atoms with van der Waals surface area (Å²) >= 11 is 0. The number of carboxylic acids is 1. The van der Waals surface area contributed by atoms with Crippen molar-refractivity contribution in [3.05, 3.63) is 0 Å². The number of hydrogen-bond donors (Lipinski definition) is 2. The second-order valence-corrected chi connectivity index (χ2v) is 4.39. The molecule has 0 aromatic carbocycles. The Bertz CT molecular complexity index is 227. The summed E-state index contributed by atoms with van der Waals surface area (Å²) in [5.74, 6) is -0.710. The van der Waals surface area contributed by atoms with Crippen molar-refractivity contribution in [2.45, 2.75) is 51.0 Å². The van der Waals surface area contributed by atoms with E-state index >= 15 is 0 Å². The quantitative estimate of drug-likeness (QED) is 0.543. The van der Waals surface area contributed by atoms with E-state index in [4.69, 9.17) is 5.11 Å². The molecule has 0 bridgehead atoms. The van der Waals surface area contributed by atoms with Crippen LogP contribution in [0.5, 0.6) is 0 Å². The van der Waals surface area contributed by atoms with Crippen molar-refractivity contribution in [3.8, 4) is 0 Å². The Morgan fingerprint density at radius 3 is 2.31 bits per heavy atom. The van der Waals surface area contributed by atoms with Gasteiger partial charge in [-0.15, -0.1) is 0 Å². The van der Waals surface area contributed by atoms with Gasteiger partial charge in [-0.1, -0.05) is 32.1 Å². The van der Waals surface area contributed by atoms with Crippen LogP contribution in [-0.4, -0.2) is 30.7 Å². The zero-order chi connectivity index (χ0) is 11.8. The molecule has 89 valence electrons. The van der Waals surface area contributed by atoms with Crippen LogP contribution < -0.4 is 5.23 Å². The molecular weight excluding hydrogens is 205 g/mol. The van der Waals surface area contributed by atoms with E-state index < -0.39 is 12.0 Å². The molecule has 0 aromatic rings. The number of carboxylic acid groups (broad SMARTS) is 1. The molecule has 1 rings (SSSR count). The fourth-order valence-electron chi connectivity index (χ4n) is 2.37. The molecule has 1 aliphatic carbocycles. The van der Waals surface area contributed by atoms with Gasteiger partial charge in [0.25, 0.3) is 7.41 Å².